The van der Waals surface area contributed by atoms with Crippen molar-refractivity contribution in [2.24, 2.45) is 0 Å². The Bertz CT molecular complexity index is 915. The molecule has 0 atom stereocenters. The Morgan fingerprint density at radius 2 is 1.85 bits per heavy atom. The van der Waals surface area contributed by atoms with Crippen LogP contribution in [0.1, 0.15) is 17.3 Å². The van der Waals surface area contributed by atoms with Gasteiger partial charge in [-0.3, -0.25) is 0 Å². The summed E-state index contributed by atoms with van der Waals surface area (Å²) in [4.78, 5) is 15.9. The molecule has 0 unspecified atom stereocenters. The molecule has 2 aromatic carbocycles. The number of hydrogen-bond donors (Lipinski definition) is 2. The lowest BCUT2D eigenvalue weighted by atomic mass is 10.2. The summed E-state index contributed by atoms with van der Waals surface area (Å²) in [6, 6.07) is 14.4. The van der Waals surface area contributed by atoms with Crippen LogP contribution in [0.25, 0.3) is 0 Å². The molecule has 8 heteroatoms. The summed E-state index contributed by atoms with van der Waals surface area (Å²) in [5.74, 6) is 1.16. The minimum Gasteiger partial charge on any atom is -0.492 e. The lowest BCUT2D eigenvalue weighted by molar-refractivity contribution is 0.0601. The Morgan fingerprint density at radius 3 is 2.59 bits per heavy atom. The highest BCUT2D eigenvalue weighted by Gasteiger charge is 2.08. The second-order valence-corrected chi connectivity index (χ2v) is 5.41. The molecule has 3 aromatic rings. The molecule has 0 saturated heterocycles. The highest BCUT2D eigenvalue weighted by Crippen LogP contribution is 2.26. The number of rotatable bonds is 7. The number of para-hydroxylation sites is 2. The Kier molecular flexibility index (Phi) is 5.78. The third kappa shape index (κ3) is 4.69. The van der Waals surface area contributed by atoms with Crippen molar-refractivity contribution in [3.8, 4) is 5.75 Å². The highest BCUT2D eigenvalue weighted by atomic mass is 16.5. The Morgan fingerprint density at radius 1 is 1.07 bits per heavy atom. The minimum absolute atomic E-state index is 0.332. The van der Waals surface area contributed by atoms with Gasteiger partial charge in [0, 0.05) is 5.69 Å². The number of nitrogens with one attached hydrogen (secondary N) is 2. The first-order chi connectivity index (χ1) is 13.2. The SMILES string of the molecule is CCOc1ccccc1Nc1nncc(Nc2ccc(C(=O)OC)cc2)n1. The van der Waals surface area contributed by atoms with E-state index in [1.807, 2.05) is 31.2 Å². The van der Waals surface area contributed by atoms with Crippen LogP contribution >= 0.6 is 0 Å². The molecule has 0 saturated carbocycles. The number of ether oxygens (including phenoxy) is 2. The molecule has 0 radical (unpaired) electrons. The van der Waals surface area contributed by atoms with E-state index in [9.17, 15) is 4.79 Å². The summed E-state index contributed by atoms with van der Waals surface area (Å²) in [5.41, 5.74) is 1.98. The summed E-state index contributed by atoms with van der Waals surface area (Å²) in [6.07, 6.45) is 1.51. The van der Waals surface area contributed by atoms with Gasteiger partial charge in [0.05, 0.1) is 31.2 Å². The third-order valence-electron chi connectivity index (χ3n) is 3.57. The fraction of sp³-hybridized carbons (Fsp3) is 0.158. The summed E-state index contributed by atoms with van der Waals surface area (Å²) in [6.45, 7) is 2.48. The van der Waals surface area contributed by atoms with Gasteiger partial charge in [0.2, 0.25) is 5.95 Å². The summed E-state index contributed by atoms with van der Waals surface area (Å²) < 4.78 is 10.3. The van der Waals surface area contributed by atoms with E-state index in [2.05, 4.69) is 30.6 Å². The number of anilines is 4. The van der Waals surface area contributed by atoms with Gasteiger partial charge in [-0.05, 0) is 43.3 Å². The molecule has 0 bridgehead atoms. The van der Waals surface area contributed by atoms with E-state index in [1.165, 1.54) is 13.3 Å². The topological polar surface area (TPSA) is 98.3 Å². The monoisotopic (exact) mass is 365 g/mol. The molecule has 0 amide bonds. The predicted octanol–water partition coefficient (Wildman–Crippen LogP) is 3.54. The zero-order chi connectivity index (χ0) is 19.1. The van der Waals surface area contributed by atoms with Gasteiger partial charge < -0.3 is 20.1 Å². The van der Waals surface area contributed by atoms with E-state index in [0.29, 0.717) is 29.7 Å². The molecule has 2 N–H and O–H groups in total. The fourth-order valence-corrected chi connectivity index (χ4v) is 2.34. The molecule has 138 valence electrons. The first-order valence-corrected chi connectivity index (χ1v) is 8.33. The van der Waals surface area contributed by atoms with Gasteiger partial charge in [-0.15, -0.1) is 5.10 Å². The standard InChI is InChI=1S/C19H19N5O3/c1-3-27-16-7-5-4-6-15(16)22-19-23-17(12-20-24-19)21-14-10-8-13(9-11-14)18(25)26-2/h4-12H,3H2,1-2H3,(H2,21,22,23,24). The Labute approximate surface area is 156 Å². The zero-order valence-electron chi connectivity index (χ0n) is 15.0. The number of hydrogen-bond acceptors (Lipinski definition) is 8. The smallest absolute Gasteiger partial charge is 0.337 e. The van der Waals surface area contributed by atoms with Crippen molar-refractivity contribution >= 4 is 29.1 Å². The number of carbonyl (C=O) groups is 1. The number of carbonyl (C=O) groups excluding carboxylic acids is 1. The molecule has 1 heterocycles. The number of aromatic nitrogens is 3. The summed E-state index contributed by atoms with van der Waals surface area (Å²) in [7, 11) is 1.35. The average Bonchev–Trinajstić information content (AvgIpc) is 2.70. The van der Waals surface area contributed by atoms with E-state index < -0.39 is 0 Å². The van der Waals surface area contributed by atoms with Gasteiger partial charge in [0.15, 0.2) is 5.82 Å². The zero-order valence-corrected chi connectivity index (χ0v) is 15.0. The number of methoxy groups -OCH3 is 1. The van der Waals surface area contributed by atoms with Crippen LogP contribution in [0.5, 0.6) is 5.75 Å². The van der Waals surface area contributed by atoms with E-state index >= 15 is 0 Å². The normalized spacial score (nSPS) is 10.1. The quantitative estimate of drug-likeness (QED) is 0.614. The number of nitrogens with zero attached hydrogens (tertiary/aromatic N) is 3. The second-order valence-electron chi connectivity index (χ2n) is 5.41. The maximum Gasteiger partial charge on any atom is 0.337 e. The van der Waals surface area contributed by atoms with Gasteiger partial charge in [0.25, 0.3) is 0 Å². The summed E-state index contributed by atoms with van der Waals surface area (Å²) >= 11 is 0. The fourth-order valence-electron chi connectivity index (χ4n) is 2.34. The molecule has 8 nitrogen and oxygen atoms in total. The minimum atomic E-state index is -0.385. The lowest BCUT2D eigenvalue weighted by Gasteiger charge is -2.11. The van der Waals surface area contributed by atoms with Gasteiger partial charge in [-0.2, -0.15) is 10.1 Å². The maximum absolute atomic E-state index is 11.5. The number of esters is 1. The first kappa shape index (κ1) is 18.1. The molecule has 0 aliphatic rings. The van der Waals surface area contributed by atoms with Crippen LogP contribution in [0.15, 0.2) is 54.7 Å². The van der Waals surface area contributed by atoms with Crippen LogP contribution in [-0.2, 0) is 4.74 Å². The molecule has 1 aromatic heterocycles. The van der Waals surface area contributed by atoms with E-state index in [-0.39, 0.29) is 5.97 Å². The highest BCUT2D eigenvalue weighted by molar-refractivity contribution is 5.89. The summed E-state index contributed by atoms with van der Waals surface area (Å²) in [5, 5.41) is 14.2. The predicted molar refractivity (Wildman–Crippen MR) is 102 cm³/mol. The van der Waals surface area contributed by atoms with Gasteiger partial charge in [-0.1, -0.05) is 12.1 Å². The Balaban J connectivity index is 1.73. The van der Waals surface area contributed by atoms with E-state index in [4.69, 9.17) is 4.74 Å². The van der Waals surface area contributed by atoms with Gasteiger partial charge in [-0.25, -0.2) is 4.79 Å². The van der Waals surface area contributed by atoms with Crippen molar-refractivity contribution < 1.29 is 14.3 Å². The van der Waals surface area contributed by atoms with Crippen molar-refractivity contribution in [3.63, 3.8) is 0 Å². The average molecular weight is 365 g/mol. The first-order valence-electron chi connectivity index (χ1n) is 8.33. The van der Waals surface area contributed by atoms with Crippen LogP contribution in [0.3, 0.4) is 0 Å². The van der Waals surface area contributed by atoms with Crippen molar-refractivity contribution in [1.82, 2.24) is 15.2 Å². The lowest BCUT2D eigenvalue weighted by Crippen LogP contribution is -2.04. The van der Waals surface area contributed by atoms with Crippen LogP contribution in [0, 0.1) is 0 Å². The molecule has 27 heavy (non-hydrogen) atoms. The van der Waals surface area contributed by atoms with Gasteiger partial charge in [0.1, 0.15) is 5.75 Å². The van der Waals surface area contributed by atoms with Crippen LogP contribution in [0.4, 0.5) is 23.1 Å². The van der Waals surface area contributed by atoms with E-state index in [0.717, 1.165) is 11.4 Å². The van der Waals surface area contributed by atoms with E-state index in [1.54, 1.807) is 24.3 Å². The molecule has 0 aliphatic heterocycles. The molecular formula is C19H19N5O3. The van der Waals surface area contributed by atoms with Gasteiger partial charge >= 0.3 is 5.97 Å². The molecule has 3 rings (SSSR count). The van der Waals surface area contributed by atoms with Crippen LogP contribution in [0.2, 0.25) is 0 Å². The molecule has 0 fully saturated rings. The van der Waals surface area contributed by atoms with Crippen molar-refractivity contribution in [3.05, 3.63) is 60.3 Å². The maximum atomic E-state index is 11.5. The Hall–Kier alpha value is -3.68. The number of benzene rings is 2. The van der Waals surface area contributed by atoms with Crippen LogP contribution < -0.4 is 15.4 Å². The molecule has 0 spiro atoms. The molecular weight excluding hydrogens is 346 g/mol. The van der Waals surface area contributed by atoms with Crippen molar-refractivity contribution in [2.45, 2.75) is 6.92 Å². The third-order valence-corrected chi connectivity index (χ3v) is 3.57. The van der Waals surface area contributed by atoms with Crippen molar-refractivity contribution in [2.75, 3.05) is 24.4 Å². The molecule has 0 aliphatic carbocycles. The van der Waals surface area contributed by atoms with Crippen molar-refractivity contribution in [1.29, 1.82) is 0 Å². The largest absolute Gasteiger partial charge is 0.492 e. The van der Waals surface area contributed by atoms with Crippen LogP contribution in [-0.4, -0.2) is 34.9 Å². The second kappa shape index (κ2) is 8.61.